The Bertz CT molecular complexity index is 2900. The predicted octanol–water partition coefficient (Wildman–Crippen LogP) is 6.09. The van der Waals surface area contributed by atoms with E-state index in [1.807, 2.05) is 46.8 Å². The number of rotatable bonds is 10. The Kier molecular flexibility index (Phi) is 19.8. The Hall–Kier alpha value is -8.06. The van der Waals surface area contributed by atoms with Gasteiger partial charge in [0.2, 0.25) is 0 Å². The van der Waals surface area contributed by atoms with Crippen molar-refractivity contribution in [3.05, 3.63) is 130 Å². The number of aromatic nitrogens is 6. The molecule has 2 aliphatic rings. The summed E-state index contributed by atoms with van der Waals surface area (Å²) in [6, 6.07) is 19.3. The zero-order valence-corrected chi connectivity index (χ0v) is 45.8. The molecule has 2 aliphatic heterocycles. The summed E-state index contributed by atoms with van der Waals surface area (Å²) in [4.78, 5) is 97.0. The SMILES string of the molecule is CC(=O)c1c(-c2ccc(C(=O)Nc3ccc(C)cn3)cc2)nc([C@@H]2CCCCN2C(=O)OC(C)(C)C)n1N.Cc1ccc(NC(=O)c2ccc(-c3nc([C@@H]4CCCCN4C(=O)OC(C)(C)C)n(N)c3C(=O)O)cc2)nc1.[Li+].[OH-]. The Labute approximate surface area is 464 Å². The van der Waals surface area contributed by atoms with Crippen molar-refractivity contribution in [1.82, 2.24) is 39.1 Å². The third kappa shape index (κ3) is 14.7. The second-order valence-electron chi connectivity index (χ2n) is 20.8. The number of carboxylic acid groups (broad SMARTS) is 1. The number of hydrogen-bond acceptors (Lipinski definition) is 15. The van der Waals surface area contributed by atoms with Gasteiger partial charge in [0.15, 0.2) is 23.1 Å². The number of amides is 4. The molecule has 4 amide bonds. The number of nitrogens with zero attached hydrogens (tertiary/aromatic N) is 8. The Balaban J connectivity index is 0.000000280. The molecule has 23 heteroatoms. The number of piperidine rings is 2. The molecule has 0 unspecified atom stereocenters. The van der Waals surface area contributed by atoms with Crippen LogP contribution in [0.4, 0.5) is 21.2 Å². The van der Waals surface area contributed by atoms with Gasteiger partial charge in [-0.05, 0) is 141 Å². The first kappa shape index (κ1) is 60.8. The number of aromatic carboxylic acids is 1. The van der Waals surface area contributed by atoms with Crippen molar-refractivity contribution in [3.63, 3.8) is 0 Å². The maximum Gasteiger partial charge on any atom is 1.00 e. The van der Waals surface area contributed by atoms with Gasteiger partial charge >= 0.3 is 37.0 Å². The van der Waals surface area contributed by atoms with Crippen LogP contribution >= 0.6 is 0 Å². The summed E-state index contributed by atoms with van der Waals surface area (Å²) in [5.74, 6) is 12.1. The van der Waals surface area contributed by atoms with E-state index >= 15 is 0 Å². The minimum atomic E-state index is -1.26. The molecule has 2 atom stereocenters. The van der Waals surface area contributed by atoms with Crippen molar-refractivity contribution < 1.29 is 67.7 Å². The first-order valence-corrected chi connectivity index (χ1v) is 25.1. The van der Waals surface area contributed by atoms with Gasteiger partial charge in [-0.3, -0.25) is 24.2 Å². The van der Waals surface area contributed by atoms with Crippen LogP contribution in [-0.2, 0) is 9.47 Å². The molecule has 22 nitrogen and oxygen atoms in total. The number of ketones is 1. The van der Waals surface area contributed by atoms with E-state index in [9.17, 15) is 33.9 Å². The number of benzene rings is 2. The Morgan fingerprint density at radius 1 is 0.590 bits per heavy atom. The van der Waals surface area contributed by atoms with Crippen LogP contribution in [0.15, 0.2) is 85.2 Å². The predicted molar refractivity (Wildman–Crippen MR) is 287 cm³/mol. The van der Waals surface area contributed by atoms with E-state index in [4.69, 9.17) is 26.1 Å². The average molecular weight is 1060 g/mol. The third-order valence-corrected chi connectivity index (χ3v) is 12.4. The monoisotopic (exact) mass is 1060 g/mol. The van der Waals surface area contributed by atoms with Crippen LogP contribution in [0.1, 0.15) is 164 Å². The van der Waals surface area contributed by atoms with Crippen LogP contribution in [0.5, 0.6) is 0 Å². The largest absolute Gasteiger partial charge is 1.00 e. The molecule has 6 aromatic rings. The molecule has 8 N–H and O–H groups in total. The Morgan fingerprint density at radius 3 is 1.29 bits per heavy atom. The molecule has 0 bridgehead atoms. The van der Waals surface area contributed by atoms with Crippen LogP contribution in [0.3, 0.4) is 0 Å². The number of carbonyl (C=O) groups is 6. The van der Waals surface area contributed by atoms with E-state index in [1.54, 1.807) is 104 Å². The summed E-state index contributed by atoms with van der Waals surface area (Å²) in [5.41, 5.74) is 3.11. The van der Waals surface area contributed by atoms with Crippen molar-refractivity contribution in [2.24, 2.45) is 0 Å². The summed E-state index contributed by atoms with van der Waals surface area (Å²) in [5, 5.41) is 15.5. The van der Waals surface area contributed by atoms with E-state index < -0.39 is 41.4 Å². The zero-order chi connectivity index (χ0) is 55.2. The van der Waals surface area contributed by atoms with E-state index in [2.05, 4.69) is 25.6 Å². The molecule has 0 saturated carbocycles. The van der Waals surface area contributed by atoms with Crippen LogP contribution in [0.25, 0.3) is 22.5 Å². The number of ether oxygens (including phenoxy) is 2. The molecule has 78 heavy (non-hydrogen) atoms. The normalized spacial score (nSPS) is 15.3. The average Bonchev–Trinajstić information content (AvgIpc) is 3.91. The number of nitrogens with two attached hydrogens (primary N) is 2. The first-order chi connectivity index (χ1) is 35.9. The fraction of sp³-hybridized carbons (Fsp3) is 0.382. The molecule has 8 rings (SSSR count). The standard InChI is InChI=1S/C28H34N6O4.C27H32N6O5.Li.H2O/c1-17-9-14-22(30-16-17)31-26(36)20-12-10-19(11-13-20)23-24(18(2)35)34(29)25(32-23)21-8-6-7-15-33(21)27(37)38-28(3,4)5;1-16-8-13-20(29-15-16)30-24(34)18-11-9-17(10-12-18)21-22(25(35)36)33(28)23(31-21)19-7-5-6-14-32(19)26(37)38-27(2,3)4;;/h9-14,16,21H,6-8,15,29H2,1-5H3,(H,30,31,36);8-13,15,19H,5-7,14,28H2,1-4H3,(H,35,36)(H,29,30,34);;1H2/q;;+1;/p-1/t21-;19-;;/m00../s1. The number of anilines is 2. The molecular formula is C55H67LiN12O10. The van der Waals surface area contributed by atoms with Crippen molar-refractivity contribution in [1.29, 1.82) is 0 Å². The number of imidazole rings is 2. The van der Waals surface area contributed by atoms with Crippen molar-refractivity contribution >= 4 is 47.4 Å². The number of likely N-dealkylation sites (tertiary alicyclic amines) is 2. The van der Waals surface area contributed by atoms with Crippen molar-refractivity contribution in [3.8, 4) is 22.5 Å². The topological polar surface area (TPSA) is 315 Å². The summed E-state index contributed by atoms with van der Waals surface area (Å²) in [7, 11) is 0. The van der Waals surface area contributed by atoms with Crippen molar-refractivity contribution in [2.75, 3.05) is 35.4 Å². The third-order valence-electron chi connectivity index (χ3n) is 12.4. The Morgan fingerprint density at radius 2 is 0.962 bits per heavy atom. The number of nitrogen functional groups attached to an aromatic ring is 2. The number of pyridine rings is 2. The summed E-state index contributed by atoms with van der Waals surface area (Å²) < 4.78 is 13.5. The van der Waals surface area contributed by atoms with Crippen molar-refractivity contribution in [2.45, 2.75) is 124 Å². The van der Waals surface area contributed by atoms with Gasteiger partial charge in [0.1, 0.15) is 39.9 Å². The molecule has 0 spiro atoms. The summed E-state index contributed by atoms with van der Waals surface area (Å²) in [6.07, 6.45) is 6.97. The van der Waals surface area contributed by atoms with Gasteiger partial charge in [0, 0.05) is 54.7 Å². The van der Waals surface area contributed by atoms with Gasteiger partial charge in [-0.15, -0.1) is 0 Å². The van der Waals surface area contributed by atoms with Crippen LogP contribution in [0, 0.1) is 13.8 Å². The molecular weight excluding hydrogens is 996 g/mol. The maximum atomic E-state index is 13.0. The molecule has 2 aromatic carbocycles. The second-order valence-corrected chi connectivity index (χ2v) is 20.8. The molecule has 2 saturated heterocycles. The number of carbonyl (C=O) groups excluding carboxylic acids is 5. The number of Topliss-reactive ketones (excluding diaryl/α,β-unsaturated/α-hetero) is 1. The van der Waals surface area contributed by atoms with Gasteiger partial charge in [-0.1, -0.05) is 36.4 Å². The van der Waals surface area contributed by atoms with Crippen LogP contribution < -0.4 is 41.2 Å². The quantitative estimate of drug-likeness (QED) is 0.0589. The fourth-order valence-electron chi connectivity index (χ4n) is 8.81. The summed E-state index contributed by atoms with van der Waals surface area (Å²) in [6.45, 7) is 17.0. The molecule has 2 fully saturated rings. The number of nitrogens with one attached hydrogen (secondary N) is 2. The zero-order valence-electron chi connectivity index (χ0n) is 45.8. The molecule has 4 aromatic heterocycles. The first-order valence-electron chi connectivity index (χ1n) is 25.1. The van der Waals surface area contributed by atoms with Gasteiger partial charge in [0.25, 0.3) is 11.8 Å². The second kappa shape index (κ2) is 25.4. The van der Waals surface area contributed by atoms with E-state index in [0.29, 0.717) is 71.3 Å². The molecule has 0 aliphatic carbocycles. The van der Waals surface area contributed by atoms with Gasteiger partial charge in [-0.2, -0.15) is 0 Å². The smallest absolute Gasteiger partial charge is 0.870 e. The maximum absolute atomic E-state index is 13.0. The van der Waals surface area contributed by atoms with E-state index in [1.165, 1.54) is 11.6 Å². The van der Waals surface area contributed by atoms with Crippen LogP contribution in [0.2, 0.25) is 0 Å². The van der Waals surface area contributed by atoms with Gasteiger partial charge in [-0.25, -0.2) is 43.7 Å². The molecule has 6 heterocycles. The molecule has 0 radical (unpaired) electrons. The fourth-order valence-corrected chi connectivity index (χ4v) is 8.81. The number of hydrogen-bond donors (Lipinski definition) is 5. The molecule has 408 valence electrons. The van der Waals surface area contributed by atoms with E-state index in [-0.39, 0.29) is 64.8 Å². The number of aryl methyl sites for hydroxylation is 2. The summed E-state index contributed by atoms with van der Waals surface area (Å²) >= 11 is 0. The minimum absolute atomic E-state index is 0. The van der Waals surface area contributed by atoms with Crippen LogP contribution in [-0.4, -0.2) is 110 Å². The van der Waals surface area contributed by atoms with E-state index in [0.717, 1.165) is 41.5 Å². The number of carboxylic acids is 1. The van der Waals surface area contributed by atoms with Gasteiger partial charge in [0.05, 0.1) is 12.1 Å². The van der Waals surface area contributed by atoms with Gasteiger partial charge < -0.3 is 42.4 Å². The minimum Gasteiger partial charge on any atom is -0.870 e.